The molecule has 0 aliphatic heterocycles. The number of rotatable bonds is 6. The van der Waals surface area contributed by atoms with Crippen LogP contribution in [-0.2, 0) is 6.61 Å². The molecule has 0 fully saturated rings. The van der Waals surface area contributed by atoms with Crippen molar-refractivity contribution in [3.05, 3.63) is 78.0 Å². The SMILES string of the molecule is COc1ccc(-c2ccc(C=O)cc2OCc2ccccc2)cn1. The van der Waals surface area contributed by atoms with Crippen molar-refractivity contribution in [3.8, 4) is 22.8 Å². The van der Waals surface area contributed by atoms with Crippen LogP contribution in [0.5, 0.6) is 11.6 Å². The van der Waals surface area contributed by atoms with E-state index in [1.54, 1.807) is 31.5 Å². The largest absolute Gasteiger partial charge is 0.488 e. The minimum absolute atomic E-state index is 0.430. The fourth-order valence-corrected chi connectivity index (χ4v) is 2.37. The summed E-state index contributed by atoms with van der Waals surface area (Å²) in [5.41, 5.74) is 3.42. The van der Waals surface area contributed by atoms with Crippen LogP contribution < -0.4 is 9.47 Å². The van der Waals surface area contributed by atoms with Crippen molar-refractivity contribution < 1.29 is 14.3 Å². The molecule has 0 bridgehead atoms. The first-order chi connectivity index (χ1) is 11.8. The Morgan fingerprint density at radius 2 is 1.88 bits per heavy atom. The summed E-state index contributed by atoms with van der Waals surface area (Å²) in [7, 11) is 1.58. The number of carbonyl (C=O) groups is 1. The Hall–Kier alpha value is -3.14. The second kappa shape index (κ2) is 7.42. The second-order valence-electron chi connectivity index (χ2n) is 5.24. The molecule has 0 saturated heterocycles. The van der Waals surface area contributed by atoms with Crippen LogP contribution in [0.3, 0.4) is 0 Å². The minimum atomic E-state index is 0.430. The maximum absolute atomic E-state index is 11.1. The summed E-state index contributed by atoms with van der Waals surface area (Å²) in [6.07, 6.45) is 2.54. The van der Waals surface area contributed by atoms with E-state index in [-0.39, 0.29) is 0 Å². The lowest BCUT2D eigenvalue weighted by Gasteiger charge is -2.13. The number of pyridine rings is 1. The van der Waals surface area contributed by atoms with Gasteiger partial charge in [0, 0.05) is 29.0 Å². The van der Waals surface area contributed by atoms with E-state index in [9.17, 15) is 4.79 Å². The molecule has 0 unspecified atom stereocenters. The maximum Gasteiger partial charge on any atom is 0.212 e. The summed E-state index contributed by atoms with van der Waals surface area (Å²) in [6, 6.07) is 19.0. The van der Waals surface area contributed by atoms with Gasteiger partial charge < -0.3 is 9.47 Å². The third-order valence-corrected chi connectivity index (χ3v) is 3.64. The summed E-state index contributed by atoms with van der Waals surface area (Å²) >= 11 is 0. The highest BCUT2D eigenvalue weighted by molar-refractivity contribution is 5.80. The summed E-state index contributed by atoms with van der Waals surface area (Å²) in [4.78, 5) is 15.3. The molecule has 0 saturated carbocycles. The molecular weight excluding hydrogens is 302 g/mol. The van der Waals surface area contributed by atoms with E-state index >= 15 is 0 Å². The fourth-order valence-electron chi connectivity index (χ4n) is 2.37. The molecule has 0 amide bonds. The van der Waals surface area contributed by atoms with E-state index in [4.69, 9.17) is 9.47 Å². The lowest BCUT2D eigenvalue weighted by Crippen LogP contribution is -1.98. The van der Waals surface area contributed by atoms with Crippen molar-refractivity contribution in [1.82, 2.24) is 4.98 Å². The van der Waals surface area contributed by atoms with E-state index in [1.807, 2.05) is 42.5 Å². The zero-order valence-electron chi connectivity index (χ0n) is 13.3. The molecule has 24 heavy (non-hydrogen) atoms. The molecule has 0 spiro atoms. The first kappa shape index (κ1) is 15.7. The minimum Gasteiger partial charge on any atom is -0.488 e. The molecule has 0 aliphatic rings. The zero-order valence-corrected chi connectivity index (χ0v) is 13.3. The molecule has 0 radical (unpaired) electrons. The third kappa shape index (κ3) is 3.60. The van der Waals surface area contributed by atoms with E-state index in [0.29, 0.717) is 23.8 Å². The van der Waals surface area contributed by atoms with E-state index in [2.05, 4.69) is 4.98 Å². The van der Waals surface area contributed by atoms with Crippen molar-refractivity contribution in [2.75, 3.05) is 7.11 Å². The predicted molar refractivity (Wildman–Crippen MR) is 92.4 cm³/mol. The zero-order chi connectivity index (χ0) is 16.8. The van der Waals surface area contributed by atoms with Crippen molar-refractivity contribution >= 4 is 6.29 Å². The van der Waals surface area contributed by atoms with Crippen LogP contribution in [0.4, 0.5) is 0 Å². The van der Waals surface area contributed by atoms with Gasteiger partial charge in [-0.3, -0.25) is 4.79 Å². The lowest BCUT2D eigenvalue weighted by atomic mass is 10.0. The van der Waals surface area contributed by atoms with Crippen molar-refractivity contribution in [2.45, 2.75) is 6.61 Å². The van der Waals surface area contributed by atoms with Crippen LogP contribution in [0.25, 0.3) is 11.1 Å². The average molecular weight is 319 g/mol. The lowest BCUT2D eigenvalue weighted by molar-refractivity contribution is 0.112. The highest BCUT2D eigenvalue weighted by Crippen LogP contribution is 2.31. The van der Waals surface area contributed by atoms with Gasteiger partial charge in [0.1, 0.15) is 18.6 Å². The number of aldehydes is 1. The fraction of sp³-hybridized carbons (Fsp3) is 0.100. The van der Waals surface area contributed by atoms with Crippen molar-refractivity contribution in [2.24, 2.45) is 0 Å². The molecule has 120 valence electrons. The summed E-state index contributed by atoms with van der Waals surface area (Å²) < 4.78 is 11.0. The summed E-state index contributed by atoms with van der Waals surface area (Å²) in [5, 5.41) is 0. The van der Waals surface area contributed by atoms with Gasteiger partial charge in [0.05, 0.1) is 7.11 Å². The number of nitrogens with zero attached hydrogens (tertiary/aromatic N) is 1. The normalized spacial score (nSPS) is 10.2. The van der Waals surface area contributed by atoms with Gasteiger partial charge in [0.2, 0.25) is 5.88 Å². The molecule has 0 atom stereocenters. The number of benzene rings is 2. The molecule has 3 aromatic rings. The second-order valence-corrected chi connectivity index (χ2v) is 5.24. The molecule has 0 aliphatic carbocycles. The Morgan fingerprint density at radius 1 is 1.04 bits per heavy atom. The summed E-state index contributed by atoms with van der Waals surface area (Å²) in [5.74, 6) is 1.20. The first-order valence-electron chi connectivity index (χ1n) is 7.56. The standard InChI is InChI=1S/C20H17NO3/c1-23-20-10-8-17(12-21-20)18-9-7-16(13-22)11-19(18)24-14-15-5-3-2-4-6-15/h2-13H,14H2,1H3. The van der Waals surface area contributed by atoms with E-state index in [0.717, 1.165) is 23.0 Å². The van der Waals surface area contributed by atoms with Crippen LogP contribution in [0.15, 0.2) is 66.9 Å². The molecule has 1 heterocycles. The van der Waals surface area contributed by atoms with Crippen molar-refractivity contribution in [3.63, 3.8) is 0 Å². The van der Waals surface area contributed by atoms with Gasteiger partial charge in [-0.25, -0.2) is 4.98 Å². The molecule has 3 rings (SSSR count). The third-order valence-electron chi connectivity index (χ3n) is 3.64. The van der Waals surface area contributed by atoms with Crippen molar-refractivity contribution in [1.29, 1.82) is 0 Å². The van der Waals surface area contributed by atoms with Gasteiger partial charge in [0.25, 0.3) is 0 Å². The Bertz CT molecular complexity index is 814. The molecule has 1 aromatic heterocycles. The van der Waals surface area contributed by atoms with Crippen LogP contribution in [0.1, 0.15) is 15.9 Å². The van der Waals surface area contributed by atoms with E-state index < -0.39 is 0 Å². The smallest absolute Gasteiger partial charge is 0.212 e. The number of hydrogen-bond acceptors (Lipinski definition) is 4. The monoisotopic (exact) mass is 319 g/mol. The van der Waals surface area contributed by atoms with Gasteiger partial charge in [-0.2, -0.15) is 0 Å². The molecule has 4 nitrogen and oxygen atoms in total. The number of aromatic nitrogens is 1. The predicted octanol–water partition coefficient (Wildman–Crippen LogP) is 4.15. The number of ether oxygens (including phenoxy) is 2. The van der Waals surface area contributed by atoms with Crippen LogP contribution in [0, 0.1) is 0 Å². The van der Waals surface area contributed by atoms with Crippen LogP contribution >= 0.6 is 0 Å². The highest BCUT2D eigenvalue weighted by atomic mass is 16.5. The number of hydrogen-bond donors (Lipinski definition) is 0. The van der Waals surface area contributed by atoms with Crippen LogP contribution in [0.2, 0.25) is 0 Å². The summed E-state index contributed by atoms with van der Waals surface area (Å²) in [6.45, 7) is 0.430. The van der Waals surface area contributed by atoms with Gasteiger partial charge in [0.15, 0.2) is 0 Å². The Morgan fingerprint density at radius 3 is 2.54 bits per heavy atom. The van der Waals surface area contributed by atoms with Gasteiger partial charge in [-0.15, -0.1) is 0 Å². The van der Waals surface area contributed by atoms with Gasteiger partial charge >= 0.3 is 0 Å². The molecule has 2 aromatic carbocycles. The average Bonchev–Trinajstić information content (AvgIpc) is 2.67. The Balaban J connectivity index is 1.91. The topological polar surface area (TPSA) is 48.4 Å². The molecule has 4 heteroatoms. The number of carbonyl (C=O) groups excluding carboxylic acids is 1. The Labute approximate surface area is 140 Å². The quantitative estimate of drug-likeness (QED) is 0.640. The first-order valence-corrected chi connectivity index (χ1v) is 7.56. The van der Waals surface area contributed by atoms with Gasteiger partial charge in [-0.1, -0.05) is 36.4 Å². The molecular formula is C20H17NO3. The molecule has 0 N–H and O–H groups in total. The number of methoxy groups -OCH3 is 1. The Kier molecular flexibility index (Phi) is 4.87. The highest BCUT2D eigenvalue weighted by Gasteiger charge is 2.09. The van der Waals surface area contributed by atoms with Crippen LogP contribution in [-0.4, -0.2) is 18.4 Å². The maximum atomic E-state index is 11.1. The van der Waals surface area contributed by atoms with Gasteiger partial charge in [-0.05, 0) is 23.8 Å². The van der Waals surface area contributed by atoms with E-state index in [1.165, 1.54) is 0 Å².